The molecule has 0 aromatic carbocycles. The van der Waals surface area contributed by atoms with Crippen molar-refractivity contribution in [2.24, 2.45) is 0 Å². The molecule has 1 aromatic rings. The second kappa shape index (κ2) is 4.33. The number of fused-ring (bicyclic) bond motifs is 1. The largest absolute Gasteiger partial charge is 0.478 e. The number of carbonyl (C=O) groups is 1. The van der Waals surface area contributed by atoms with E-state index in [0.29, 0.717) is 6.04 Å². The summed E-state index contributed by atoms with van der Waals surface area (Å²) in [6.07, 6.45) is 2.42. The zero-order valence-electron chi connectivity index (χ0n) is 10.1. The van der Waals surface area contributed by atoms with Crippen LogP contribution in [0.5, 0.6) is 0 Å². The average Bonchev–Trinajstić information content (AvgIpc) is 2.27. The van der Waals surface area contributed by atoms with Crippen LogP contribution < -0.4 is 5.73 Å². The van der Waals surface area contributed by atoms with E-state index in [1.807, 2.05) is 0 Å². The van der Waals surface area contributed by atoms with Crippen LogP contribution in [-0.2, 0) is 13.0 Å². The first-order valence-corrected chi connectivity index (χ1v) is 5.74. The smallest absolute Gasteiger partial charge is 0.339 e. The summed E-state index contributed by atoms with van der Waals surface area (Å²) >= 11 is 0. The first-order valence-electron chi connectivity index (χ1n) is 5.74. The number of carboxylic acids is 1. The van der Waals surface area contributed by atoms with Gasteiger partial charge in [-0.3, -0.25) is 4.90 Å². The van der Waals surface area contributed by atoms with Crippen molar-refractivity contribution in [1.29, 1.82) is 0 Å². The van der Waals surface area contributed by atoms with E-state index in [-0.39, 0.29) is 11.4 Å². The number of nitrogens with zero attached hydrogens (tertiary/aromatic N) is 2. The zero-order chi connectivity index (χ0) is 12.6. The van der Waals surface area contributed by atoms with Crippen LogP contribution in [0.25, 0.3) is 0 Å². The van der Waals surface area contributed by atoms with Crippen LogP contribution in [0.2, 0.25) is 0 Å². The molecule has 3 N–H and O–H groups in total. The minimum atomic E-state index is -0.982. The summed E-state index contributed by atoms with van der Waals surface area (Å²) in [6, 6.07) is 0.453. The van der Waals surface area contributed by atoms with Crippen molar-refractivity contribution in [3.63, 3.8) is 0 Å². The Morgan fingerprint density at radius 3 is 2.88 bits per heavy atom. The molecule has 0 bridgehead atoms. The highest BCUT2D eigenvalue weighted by molar-refractivity contribution is 5.94. The summed E-state index contributed by atoms with van der Waals surface area (Å²) in [7, 11) is 0. The molecule has 0 atom stereocenters. The van der Waals surface area contributed by atoms with Gasteiger partial charge in [-0.2, -0.15) is 0 Å². The van der Waals surface area contributed by atoms with Gasteiger partial charge in [0.2, 0.25) is 0 Å². The Hall–Kier alpha value is -1.62. The molecule has 1 aliphatic heterocycles. The quantitative estimate of drug-likeness (QED) is 0.803. The molecule has 0 spiro atoms. The minimum Gasteiger partial charge on any atom is -0.478 e. The summed E-state index contributed by atoms with van der Waals surface area (Å²) < 4.78 is 0. The number of hydrogen-bond donors (Lipinski definition) is 2. The Balaban J connectivity index is 2.42. The number of aromatic carboxylic acids is 1. The minimum absolute atomic E-state index is 0.120. The van der Waals surface area contributed by atoms with E-state index >= 15 is 0 Å². The molecular formula is C12H17N3O2. The summed E-state index contributed by atoms with van der Waals surface area (Å²) in [5, 5.41) is 9.16. The molecule has 2 heterocycles. The van der Waals surface area contributed by atoms with Crippen molar-refractivity contribution >= 4 is 11.8 Å². The van der Waals surface area contributed by atoms with Crippen LogP contribution in [0.4, 0.5) is 5.82 Å². The Bertz CT molecular complexity index is 457. The topological polar surface area (TPSA) is 79.5 Å². The molecule has 0 fully saturated rings. The predicted octanol–water partition coefficient (Wildman–Crippen LogP) is 1.13. The van der Waals surface area contributed by atoms with E-state index < -0.39 is 5.97 Å². The van der Waals surface area contributed by atoms with Crippen LogP contribution in [0.1, 0.15) is 35.3 Å². The van der Waals surface area contributed by atoms with Crippen molar-refractivity contribution in [3.8, 4) is 0 Å². The van der Waals surface area contributed by atoms with Crippen molar-refractivity contribution < 1.29 is 9.90 Å². The number of hydrogen-bond acceptors (Lipinski definition) is 4. The fourth-order valence-corrected chi connectivity index (χ4v) is 2.26. The standard InChI is InChI=1S/C12H17N3O2/c1-7(2)15-4-3-9-8(6-15)5-14-11(13)10(9)12(16)17/h5,7H,3-4,6H2,1-2H3,(H2,13,14)(H,16,17). The molecule has 0 saturated heterocycles. The van der Waals surface area contributed by atoms with Gasteiger partial charge in [-0.15, -0.1) is 0 Å². The van der Waals surface area contributed by atoms with E-state index in [4.69, 9.17) is 10.8 Å². The predicted molar refractivity (Wildman–Crippen MR) is 64.9 cm³/mol. The van der Waals surface area contributed by atoms with Gasteiger partial charge in [-0.05, 0) is 31.4 Å². The van der Waals surface area contributed by atoms with Crippen LogP contribution in [0.15, 0.2) is 6.20 Å². The van der Waals surface area contributed by atoms with Gasteiger partial charge in [0.05, 0.1) is 0 Å². The summed E-state index contributed by atoms with van der Waals surface area (Å²) in [6.45, 7) is 5.89. The lowest BCUT2D eigenvalue weighted by atomic mass is 9.95. The molecule has 5 heteroatoms. The van der Waals surface area contributed by atoms with Gasteiger partial charge >= 0.3 is 5.97 Å². The number of nitrogens with two attached hydrogens (primary N) is 1. The fourth-order valence-electron chi connectivity index (χ4n) is 2.26. The van der Waals surface area contributed by atoms with Crippen LogP contribution in [0.3, 0.4) is 0 Å². The molecule has 0 unspecified atom stereocenters. The summed E-state index contributed by atoms with van der Waals surface area (Å²) in [4.78, 5) is 17.5. The van der Waals surface area contributed by atoms with E-state index in [9.17, 15) is 4.79 Å². The Labute approximate surface area is 100 Å². The second-order valence-corrected chi connectivity index (χ2v) is 4.64. The van der Waals surface area contributed by atoms with E-state index in [1.54, 1.807) is 6.20 Å². The lowest BCUT2D eigenvalue weighted by molar-refractivity contribution is 0.0695. The second-order valence-electron chi connectivity index (χ2n) is 4.64. The van der Waals surface area contributed by atoms with Crippen molar-refractivity contribution in [2.45, 2.75) is 32.9 Å². The number of carboxylic acid groups (broad SMARTS) is 1. The molecule has 2 rings (SSSR count). The third-order valence-corrected chi connectivity index (χ3v) is 3.27. The molecule has 17 heavy (non-hydrogen) atoms. The van der Waals surface area contributed by atoms with Gasteiger partial charge in [0, 0.05) is 25.3 Å². The van der Waals surface area contributed by atoms with Crippen molar-refractivity contribution in [3.05, 3.63) is 22.9 Å². The number of pyridine rings is 1. The maximum Gasteiger partial charge on any atom is 0.339 e. The maximum atomic E-state index is 11.2. The average molecular weight is 235 g/mol. The Morgan fingerprint density at radius 1 is 1.59 bits per heavy atom. The third kappa shape index (κ3) is 2.10. The molecular weight excluding hydrogens is 218 g/mol. The lowest BCUT2D eigenvalue weighted by Crippen LogP contribution is -2.36. The molecule has 0 amide bonds. The molecule has 1 aromatic heterocycles. The zero-order valence-corrected chi connectivity index (χ0v) is 10.1. The van der Waals surface area contributed by atoms with Gasteiger partial charge < -0.3 is 10.8 Å². The van der Waals surface area contributed by atoms with Crippen LogP contribution in [0, 0.1) is 0 Å². The van der Waals surface area contributed by atoms with E-state index in [2.05, 4.69) is 23.7 Å². The number of aromatic nitrogens is 1. The maximum absolute atomic E-state index is 11.2. The van der Waals surface area contributed by atoms with Crippen LogP contribution >= 0.6 is 0 Å². The Morgan fingerprint density at radius 2 is 2.29 bits per heavy atom. The number of rotatable bonds is 2. The number of anilines is 1. The highest BCUT2D eigenvalue weighted by atomic mass is 16.4. The summed E-state index contributed by atoms with van der Waals surface area (Å²) in [5.74, 6) is -0.862. The number of nitrogen functional groups attached to an aromatic ring is 1. The van der Waals surface area contributed by atoms with Crippen molar-refractivity contribution in [1.82, 2.24) is 9.88 Å². The molecule has 92 valence electrons. The SMILES string of the molecule is CC(C)N1CCc2c(cnc(N)c2C(=O)O)C1. The van der Waals surface area contributed by atoms with Gasteiger partial charge in [-0.25, -0.2) is 9.78 Å². The molecule has 0 radical (unpaired) electrons. The Kier molecular flexibility index (Phi) is 3.02. The van der Waals surface area contributed by atoms with E-state index in [0.717, 1.165) is 30.6 Å². The summed E-state index contributed by atoms with van der Waals surface area (Å²) in [5.41, 5.74) is 7.65. The molecule has 5 nitrogen and oxygen atoms in total. The van der Waals surface area contributed by atoms with Gasteiger partial charge in [0.1, 0.15) is 11.4 Å². The monoisotopic (exact) mass is 235 g/mol. The third-order valence-electron chi connectivity index (χ3n) is 3.27. The molecule has 1 aliphatic rings. The van der Waals surface area contributed by atoms with E-state index in [1.165, 1.54) is 0 Å². The van der Waals surface area contributed by atoms with Crippen molar-refractivity contribution in [2.75, 3.05) is 12.3 Å². The van der Waals surface area contributed by atoms with Crippen LogP contribution in [-0.4, -0.2) is 33.5 Å². The van der Waals surface area contributed by atoms with Gasteiger partial charge in [0.15, 0.2) is 0 Å². The lowest BCUT2D eigenvalue weighted by Gasteiger charge is -2.32. The first kappa shape index (κ1) is 11.9. The fraction of sp³-hybridized carbons (Fsp3) is 0.500. The highest BCUT2D eigenvalue weighted by Gasteiger charge is 2.25. The van der Waals surface area contributed by atoms with Gasteiger partial charge in [0.25, 0.3) is 0 Å². The molecule has 0 aliphatic carbocycles. The molecule has 0 saturated carbocycles. The van der Waals surface area contributed by atoms with Gasteiger partial charge in [-0.1, -0.05) is 0 Å². The highest BCUT2D eigenvalue weighted by Crippen LogP contribution is 2.26. The normalized spacial score (nSPS) is 15.9. The first-order chi connectivity index (χ1) is 8.00.